The summed E-state index contributed by atoms with van der Waals surface area (Å²) in [5.74, 6) is -0.549. The van der Waals surface area contributed by atoms with Gasteiger partial charge in [-0.25, -0.2) is 0 Å². The Morgan fingerprint density at radius 1 is 0.455 bits per heavy atom. The maximum Gasteiger partial charge on any atom is 0.306 e. The average molecular weight is 921 g/mol. The van der Waals surface area contributed by atoms with E-state index in [1.54, 1.807) is 0 Å². The van der Waals surface area contributed by atoms with Crippen LogP contribution in [0, 0.1) is 0 Å². The Morgan fingerprint density at radius 2 is 0.818 bits per heavy atom. The number of aliphatic hydroxyl groups excluding tert-OH is 2. The maximum absolute atomic E-state index is 13.3. The van der Waals surface area contributed by atoms with E-state index in [2.05, 4.69) is 68.6 Å². The smallest absolute Gasteiger partial charge is 0.306 e. The van der Waals surface area contributed by atoms with Crippen LogP contribution in [0.25, 0.3) is 0 Å². The Kier molecular flexibility index (Phi) is 50.6. The van der Waals surface area contributed by atoms with Crippen LogP contribution in [0.4, 0.5) is 0 Å². The second kappa shape index (κ2) is 53.0. The molecule has 0 bridgehead atoms. The minimum absolute atomic E-state index is 0.0388. The second-order valence-electron chi connectivity index (χ2n) is 18.8. The van der Waals surface area contributed by atoms with Gasteiger partial charge in [-0.3, -0.25) is 9.59 Å². The number of hydrogen-bond acceptors (Lipinski definition) is 5. The van der Waals surface area contributed by atoms with Crippen molar-refractivity contribution in [3.63, 3.8) is 0 Å². The molecule has 380 valence electrons. The van der Waals surface area contributed by atoms with Gasteiger partial charge in [0.2, 0.25) is 5.91 Å². The average Bonchev–Trinajstić information content (AvgIpc) is 3.31. The molecule has 0 aliphatic heterocycles. The molecule has 3 N–H and O–H groups in total. The first-order chi connectivity index (χ1) is 32.5. The van der Waals surface area contributed by atoms with Crippen LogP contribution in [0.1, 0.15) is 258 Å². The molecule has 6 heteroatoms. The van der Waals surface area contributed by atoms with Crippen molar-refractivity contribution < 1.29 is 24.5 Å². The summed E-state index contributed by atoms with van der Waals surface area (Å²) in [5.41, 5.74) is 0. The van der Waals surface area contributed by atoms with E-state index in [1.807, 2.05) is 42.5 Å². The predicted octanol–water partition coefficient (Wildman–Crippen LogP) is 17.1. The zero-order valence-corrected chi connectivity index (χ0v) is 43.3. The lowest BCUT2D eigenvalue weighted by atomic mass is 10.0. The number of carbonyl (C=O) groups is 2. The zero-order chi connectivity index (χ0) is 48.1. The van der Waals surface area contributed by atoms with Gasteiger partial charge in [0.05, 0.1) is 25.2 Å². The highest BCUT2D eigenvalue weighted by Crippen LogP contribution is 2.17. The van der Waals surface area contributed by atoms with E-state index in [0.29, 0.717) is 19.3 Å². The molecular formula is C60H105NO5. The molecule has 3 atom stereocenters. The van der Waals surface area contributed by atoms with Crippen LogP contribution < -0.4 is 5.32 Å². The summed E-state index contributed by atoms with van der Waals surface area (Å²) in [6.07, 6.45) is 69.3. The molecular weight excluding hydrogens is 815 g/mol. The highest BCUT2D eigenvalue weighted by Gasteiger charge is 2.24. The monoisotopic (exact) mass is 920 g/mol. The number of nitrogens with one attached hydrogen (secondary N) is 1. The lowest BCUT2D eigenvalue weighted by Crippen LogP contribution is -2.46. The summed E-state index contributed by atoms with van der Waals surface area (Å²) in [6, 6.07) is -0.724. The molecule has 66 heavy (non-hydrogen) atoms. The van der Waals surface area contributed by atoms with Gasteiger partial charge in [0, 0.05) is 6.42 Å². The summed E-state index contributed by atoms with van der Waals surface area (Å²) in [6.45, 7) is 6.33. The molecule has 6 nitrogen and oxygen atoms in total. The fraction of sp³-hybridized carbons (Fsp3) is 0.733. The minimum atomic E-state index is -0.807. The van der Waals surface area contributed by atoms with E-state index in [4.69, 9.17) is 4.74 Å². The van der Waals surface area contributed by atoms with Crippen LogP contribution in [-0.4, -0.2) is 46.9 Å². The quantitative estimate of drug-likeness (QED) is 0.0321. The molecule has 0 saturated heterocycles. The first kappa shape index (κ1) is 63.0. The Labute approximate surface area is 408 Å². The molecule has 3 unspecified atom stereocenters. The molecule has 0 saturated carbocycles. The highest BCUT2D eigenvalue weighted by molar-refractivity contribution is 5.77. The molecule has 0 radical (unpaired) electrons. The van der Waals surface area contributed by atoms with Crippen molar-refractivity contribution >= 4 is 11.9 Å². The summed E-state index contributed by atoms with van der Waals surface area (Å²) in [4.78, 5) is 26.2. The minimum Gasteiger partial charge on any atom is -0.462 e. The van der Waals surface area contributed by atoms with Crippen LogP contribution in [0.2, 0.25) is 0 Å². The van der Waals surface area contributed by atoms with Gasteiger partial charge in [-0.15, -0.1) is 0 Å². The topological polar surface area (TPSA) is 95.9 Å². The molecule has 1 amide bonds. The van der Waals surface area contributed by atoms with Crippen molar-refractivity contribution in [3.05, 3.63) is 85.1 Å². The molecule has 0 spiro atoms. The van der Waals surface area contributed by atoms with E-state index in [9.17, 15) is 19.8 Å². The number of amides is 1. The molecule has 0 aromatic rings. The first-order valence-electron chi connectivity index (χ1n) is 27.9. The van der Waals surface area contributed by atoms with Gasteiger partial charge in [-0.1, -0.05) is 260 Å². The number of unbranched alkanes of at least 4 members (excludes halogenated alkanes) is 28. The van der Waals surface area contributed by atoms with Gasteiger partial charge in [0.15, 0.2) is 0 Å². The largest absolute Gasteiger partial charge is 0.462 e. The molecule has 0 aromatic heterocycles. The number of allylic oxidation sites excluding steroid dienone is 14. The van der Waals surface area contributed by atoms with Crippen molar-refractivity contribution in [1.29, 1.82) is 0 Å². The van der Waals surface area contributed by atoms with Crippen molar-refractivity contribution in [2.45, 2.75) is 277 Å². The van der Waals surface area contributed by atoms with Crippen LogP contribution in [0.5, 0.6) is 0 Å². The van der Waals surface area contributed by atoms with E-state index in [0.717, 1.165) is 83.5 Å². The van der Waals surface area contributed by atoms with Gasteiger partial charge >= 0.3 is 5.97 Å². The Bertz CT molecular complexity index is 1260. The van der Waals surface area contributed by atoms with Crippen molar-refractivity contribution in [1.82, 2.24) is 5.32 Å². The normalized spacial score (nSPS) is 13.8. The Hall–Kier alpha value is -2.96. The standard InChI is InChI=1S/C60H105NO5/c1-4-7-10-13-16-19-22-25-28-31-33-36-39-42-45-48-51-56(66-60(65)53-50-47-44-41-38-35-30-27-24-21-18-15-12-9-6-3)54-59(64)61-57(55-62)58(63)52-49-46-43-40-37-34-32-29-26-23-20-17-14-11-8-5-2/h9,12,15,18,21,24,27-28,30-31,33,35-36,38,56-58,62-63H,4-8,10-11,13-14,16-17,19-20,22-23,25-26,29,32,34,37,39-55H2,1-3H3,(H,61,64)/b12-9+,18-15+,24-21-,30-27-,31-28+,36-33+,38-35+. The Morgan fingerprint density at radius 3 is 1.27 bits per heavy atom. The van der Waals surface area contributed by atoms with Gasteiger partial charge in [-0.2, -0.15) is 0 Å². The predicted molar refractivity (Wildman–Crippen MR) is 287 cm³/mol. The SMILES string of the molecule is CC/C=C/C=C/C=C\C=C/C=C/CCCCCC(=O)OC(CCCCC/C=C/C=C/CCCCCCCCC)CC(=O)NC(CO)C(O)CCCCCCCCCCCCCCCCCC. The van der Waals surface area contributed by atoms with E-state index >= 15 is 0 Å². The van der Waals surface area contributed by atoms with Crippen LogP contribution in [0.3, 0.4) is 0 Å². The molecule has 0 fully saturated rings. The summed E-state index contributed by atoms with van der Waals surface area (Å²) < 4.78 is 5.92. The fourth-order valence-electron chi connectivity index (χ4n) is 8.15. The van der Waals surface area contributed by atoms with Crippen molar-refractivity contribution in [2.75, 3.05) is 6.61 Å². The molecule has 0 aliphatic carbocycles. The zero-order valence-electron chi connectivity index (χ0n) is 43.3. The number of carbonyl (C=O) groups excluding carboxylic acids is 2. The number of aliphatic hydroxyl groups is 2. The number of rotatable bonds is 49. The number of ether oxygens (including phenoxy) is 1. The van der Waals surface area contributed by atoms with Gasteiger partial charge in [-0.05, 0) is 70.6 Å². The third-order valence-corrected chi connectivity index (χ3v) is 12.4. The third kappa shape index (κ3) is 47.5. The summed E-state index contributed by atoms with van der Waals surface area (Å²) >= 11 is 0. The van der Waals surface area contributed by atoms with Crippen LogP contribution >= 0.6 is 0 Å². The first-order valence-corrected chi connectivity index (χ1v) is 27.9. The van der Waals surface area contributed by atoms with Crippen molar-refractivity contribution in [2.24, 2.45) is 0 Å². The molecule has 0 aliphatic rings. The lowest BCUT2D eigenvalue weighted by Gasteiger charge is -2.24. The number of esters is 1. The number of hydrogen-bond donors (Lipinski definition) is 3. The fourth-order valence-corrected chi connectivity index (χ4v) is 8.15. The van der Waals surface area contributed by atoms with Gasteiger partial charge in [0.1, 0.15) is 6.10 Å². The van der Waals surface area contributed by atoms with Gasteiger partial charge in [0.25, 0.3) is 0 Å². The molecule has 0 heterocycles. The van der Waals surface area contributed by atoms with Gasteiger partial charge < -0.3 is 20.3 Å². The third-order valence-electron chi connectivity index (χ3n) is 12.4. The van der Waals surface area contributed by atoms with E-state index in [-0.39, 0.29) is 24.9 Å². The van der Waals surface area contributed by atoms with E-state index < -0.39 is 18.2 Å². The summed E-state index contributed by atoms with van der Waals surface area (Å²) in [7, 11) is 0. The lowest BCUT2D eigenvalue weighted by molar-refractivity contribution is -0.151. The maximum atomic E-state index is 13.3. The van der Waals surface area contributed by atoms with Crippen molar-refractivity contribution in [3.8, 4) is 0 Å². The van der Waals surface area contributed by atoms with Crippen LogP contribution in [0.15, 0.2) is 85.1 Å². The Balaban J connectivity index is 4.68. The summed E-state index contributed by atoms with van der Waals surface area (Å²) in [5, 5.41) is 23.9. The molecule has 0 rings (SSSR count). The highest BCUT2D eigenvalue weighted by atomic mass is 16.5. The van der Waals surface area contributed by atoms with E-state index in [1.165, 1.54) is 128 Å². The molecule has 0 aromatic carbocycles. The second-order valence-corrected chi connectivity index (χ2v) is 18.8. The van der Waals surface area contributed by atoms with Crippen LogP contribution in [-0.2, 0) is 14.3 Å².